The van der Waals surface area contributed by atoms with Crippen LogP contribution >= 0.6 is 23.5 Å². The van der Waals surface area contributed by atoms with Crippen molar-refractivity contribution in [2.45, 2.75) is 225 Å². The van der Waals surface area contributed by atoms with Gasteiger partial charge in [-0.05, 0) is 133 Å². The molecule has 5 N–H and O–H groups in total. The van der Waals surface area contributed by atoms with Crippen molar-refractivity contribution in [3.63, 3.8) is 0 Å². The van der Waals surface area contributed by atoms with E-state index in [1.54, 1.807) is 19.9 Å². The van der Waals surface area contributed by atoms with Crippen LogP contribution in [0.25, 0.3) is 6.08 Å². The van der Waals surface area contributed by atoms with Crippen molar-refractivity contribution in [1.29, 1.82) is 0 Å². The second kappa shape index (κ2) is 29.7. The minimum Gasteiger partial charge on any atom is -0.481 e. The summed E-state index contributed by atoms with van der Waals surface area (Å²) in [5, 5.41) is 23.1. The molecule has 16 nitrogen and oxygen atoms in total. The third kappa shape index (κ3) is 19.6. The minimum atomic E-state index is -1.21. The second-order valence-corrected chi connectivity index (χ2v) is 31.9. The van der Waals surface area contributed by atoms with Gasteiger partial charge in [0.15, 0.2) is 0 Å². The van der Waals surface area contributed by atoms with Gasteiger partial charge in [0.25, 0.3) is 0 Å². The fraction of sp³-hybridized carbons (Fsp3) is 0.727. The number of nitrogens with zero attached hydrogens (tertiary/aromatic N) is 1. The molecule has 1 aliphatic heterocycles. The summed E-state index contributed by atoms with van der Waals surface area (Å²) in [5.74, 6) is -3.69. The molecule has 0 radical (unpaired) electrons. The van der Waals surface area contributed by atoms with Crippen molar-refractivity contribution >= 4 is 82.9 Å². The van der Waals surface area contributed by atoms with Crippen LogP contribution < -0.4 is 10.6 Å². The van der Waals surface area contributed by atoms with Gasteiger partial charge in [-0.2, -0.15) is 0 Å². The molecule has 2 amide bonds. The van der Waals surface area contributed by atoms with Crippen LogP contribution in [0.5, 0.6) is 0 Å². The highest BCUT2D eigenvalue weighted by Gasteiger charge is 2.51. The molecule has 2 saturated carbocycles. The van der Waals surface area contributed by atoms with Crippen LogP contribution in [0.2, 0.25) is 0 Å². The molecule has 3 aliphatic rings. The van der Waals surface area contributed by atoms with Gasteiger partial charge in [-0.1, -0.05) is 131 Å². The van der Waals surface area contributed by atoms with Crippen molar-refractivity contribution in [2.75, 3.05) is 23.4 Å². The van der Waals surface area contributed by atoms with Crippen molar-refractivity contribution < 1.29 is 58.0 Å². The summed E-state index contributed by atoms with van der Waals surface area (Å²) < 4.78 is 19.1. The lowest BCUT2D eigenvalue weighted by atomic mass is 9.59. The van der Waals surface area contributed by atoms with Crippen LogP contribution in [0.15, 0.2) is 34.0 Å². The summed E-state index contributed by atoms with van der Waals surface area (Å²) >= 11 is 2.39. The van der Waals surface area contributed by atoms with E-state index in [9.17, 15) is 34.2 Å². The molecule has 2 heterocycles. The number of carboxylic acid groups (broad SMARTS) is 2. The zero-order valence-electron chi connectivity index (χ0n) is 54.4. The Morgan fingerprint density at radius 3 is 1.63 bits per heavy atom. The molecule has 0 spiro atoms. The number of hydrogen-bond acceptors (Lipinski definition) is 13. The first-order valence-electron chi connectivity index (χ1n) is 30.5. The number of carbonyl (C=O) groups excluding carboxylic acids is 5. The maximum absolute atomic E-state index is 15.5. The standard InChI is InChI=1S/C66H104N4O12S2/c1-35(2)50-45(67-56(69-48(71)25-22-23-27-84-47(59(75)76)34-49(72)73)52(50)61(78)81-54-41(63(10,11)12)29-38(7)30-42(54)64(13,14)15)33-46-51(36(3)4)53(57(68-46)70-58(74)40(9)83-28-24-26-80-60(77)37(5)6)62(79)82-55-43(65(16,17)18)31-39(8)32-44(55)66(19,20)21/h33,35-36,38-44,47,54-55,67H,5,22-32,34H2,1-4,6-21H3,(H,69,71)(H,72,73)(H,75,76)(H,68,70,74). The number of anilines is 1. The van der Waals surface area contributed by atoms with E-state index in [0.29, 0.717) is 70.7 Å². The fourth-order valence-corrected chi connectivity index (χ4v) is 14.3. The highest BCUT2D eigenvalue weighted by molar-refractivity contribution is 8.00. The zero-order valence-corrected chi connectivity index (χ0v) is 56.1. The normalized spacial score (nSPS) is 23.7. The number of aromatic nitrogens is 1. The number of ether oxygens (including phenoxy) is 3. The van der Waals surface area contributed by atoms with E-state index in [1.807, 2.05) is 27.7 Å². The largest absolute Gasteiger partial charge is 0.481 e. The Morgan fingerprint density at radius 1 is 0.702 bits per heavy atom. The summed E-state index contributed by atoms with van der Waals surface area (Å²) in [6.45, 7) is 45.8. The van der Waals surface area contributed by atoms with Gasteiger partial charge in [-0.3, -0.25) is 19.2 Å². The monoisotopic (exact) mass is 1210 g/mol. The molecular weight excluding hydrogens is 1100 g/mol. The molecule has 472 valence electrons. The maximum Gasteiger partial charge on any atom is 0.342 e. The fourth-order valence-electron chi connectivity index (χ4n) is 12.4. The summed E-state index contributed by atoms with van der Waals surface area (Å²) in [4.78, 5) is 103. The second-order valence-electron chi connectivity index (χ2n) is 29.1. The Balaban J connectivity index is 1.94. The Kier molecular flexibility index (Phi) is 25.3. The molecule has 1 aromatic rings. The van der Waals surface area contributed by atoms with Gasteiger partial charge >= 0.3 is 29.8 Å². The first-order chi connectivity index (χ1) is 38.6. The lowest BCUT2D eigenvalue weighted by Gasteiger charge is -2.50. The molecule has 2 fully saturated rings. The number of amides is 2. The number of thioether (sulfide) groups is 2. The summed E-state index contributed by atoms with van der Waals surface area (Å²) in [6, 6.07) is 0. The van der Waals surface area contributed by atoms with E-state index >= 15 is 9.59 Å². The molecule has 0 bridgehead atoms. The van der Waals surface area contributed by atoms with Gasteiger partial charge < -0.3 is 40.0 Å². The number of amidine groups is 1. The smallest absolute Gasteiger partial charge is 0.342 e. The molecule has 84 heavy (non-hydrogen) atoms. The zero-order chi connectivity index (χ0) is 63.7. The van der Waals surface area contributed by atoms with Gasteiger partial charge in [0, 0.05) is 41.4 Å². The first kappa shape index (κ1) is 71.6. The number of carbonyl (C=O) groups is 7. The lowest BCUT2D eigenvalue weighted by Crippen LogP contribution is -2.50. The van der Waals surface area contributed by atoms with Crippen molar-refractivity contribution in [3.05, 3.63) is 45.8 Å². The highest BCUT2D eigenvalue weighted by Crippen LogP contribution is 2.52. The van der Waals surface area contributed by atoms with Crippen LogP contribution in [0.4, 0.5) is 5.82 Å². The SMILES string of the molecule is C=C(C)C(=O)OCCCSC(C)C(=O)NC1=NC(=Cc2[nH]c(NC(=O)CCCCSC(CC(=O)O)C(=O)O)c(C(=O)OC3C(C(C)(C)C)CC(C)CC3C(C)(C)C)c2C(C)C)C(C(C)C)=C1C(=O)OC1C(C(C)(C)C)CC(C)CC1C(C)(C)C. The summed E-state index contributed by atoms with van der Waals surface area (Å²) in [6.07, 6.45) is 5.12. The van der Waals surface area contributed by atoms with Crippen LogP contribution in [0.3, 0.4) is 0 Å². The number of aliphatic carboxylic acids is 2. The van der Waals surface area contributed by atoms with Crippen LogP contribution in [0, 0.1) is 63.1 Å². The number of aromatic amines is 1. The number of H-pyrrole nitrogens is 1. The number of nitrogens with one attached hydrogen (secondary N) is 3. The van der Waals surface area contributed by atoms with E-state index in [1.165, 1.54) is 11.8 Å². The topological polar surface area (TPSA) is 240 Å². The summed E-state index contributed by atoms with van der Waals surface area (Å²) in [7, 11) is 0. The molecule has 18 heteroatoms. The molecule has 0 aromatic carbocycles. The Morgan fingerprint density at radius 2 is 1.19 bits per heavy atom. The number of hydrogen-bond donors (Lipinski definition) is 5. The van der Waals surface area contributed by atoms with Crippen molar-refractivity contribution in [3.8, 4) is 0 Å². The molecule has 1 aromatic heterocycles. The van der Waals surface area contributed by atoms with E-state index in [4.69, 9.17) is 19.2 Å². The van der Waals surface area contributed by atoms with Crippen molar-refractivity contribution in [2.24, 2.45) is 68.1 Å². The quantitative estimate of drug-likeness (QED) is 0.0280. The van der Waals surface area contributed by atoms with E-state index in [-0.39, 0.29) is 93.0 Å². The van der Waals surface area contributed by atoms with E-state index in [0.717, 1.165) is 37.4 Å². The highest BCUT2D eigenvalue weighted by atomic mass is 32.2. The van der Waals surface area contributed by atoms with Gasteiger partial charge in [0.1, 0.15) is 40.2 Å². The van der Waals surface area contributed by atoms with Gasteiger partial charge in [0.05, 0.1) is 24.0 Å². The molecule has 6 unspecified atom stereocenters. The van der Waals surface area contributed by atoms with Crippen LogP contribution in [-0.4, -0.2) is 104 Å². The predicted molar refractivity (Wildman–Crippen MR) is 339 cm³/mol. The minimum absolute atomic E-state index is 0.0150. The molecule has 6 atom stereocenters. The summed E-state index contributed by atoms with van der Waals surface area (Å²) in [5.41, 5.74) is 1.63. The van der Waals surface area contributed by atoms with Gasteiger partial charge in [-0.15, -0.1) is 23.5 Å². The molecular formula is C66H104N4O12S2. The van der Waals surface area contributed by atoms with Crippen LogP contribution in [-0.2, 0) is 43.0 Å². The lowest BCUT2D eigenvalue weighted by molar-refractivity contribution is -0.164. The van der Waals surface area contributed by atoms with Crippen LogP contribution in [0.1, 0.15) is 224 Å². The third-order valence-corrected chi connectivity index (χ3v) is 19.5. The van der Waals surface area contributed by atoms with Crippen molar-refractivity contribution in [1.82, 2.24) is 10.3 Å². The van der Waals surface area contributed by atoms with E-state index < -0.39 is 70.8 Å². The number of esters is 3. The van der Waals surface area contributed by atoms with E-state index in [2.05, 4.69) is 119 Å². The number of carboxylic acids is 2. The number of rotatable bonds is 24. The van der Waals surface area contributed by atoms with Gasteiger partial charge in [-0.25, -0.2) is 19.4 Å². The first-order valence-corrected chi connectivity index (χ1v) is 32.6. The molecule has 0 saturated heterocycles. The number of aliphatic imine (C=N–C) groups is 1. The molecule has 4 rings (SSSR count). The Hall–Kier alpha value is -4.84. The Labute approximate surface area is 510 Å². The third-order valence-electron chi connectivity index (χ3n) is 16.9. The average Bonchev–Trinajstić information content (AvgIpc) is 1.62. The number of unbranched alkanes of at least 4 members (excludes halogenated alkanes) is 1. The molecule has 2 aliphatic carbocycles. The maximum atomic E-state index is 15.5. The average molecular weight is 1210 g/mol. The predicted octanol–water partition coefficient (Wildman–Crippen LogP) is 14.3. The Bertz CT molecular complexity index is 2610. The van der Waals surface area contributed by atoms with Gasteiger partial charge in [0.2, 0.25) is 11.8 Å². The number of allylic oxidation sites excluding steroid dienone is 1.